The SMILES string of the molecule is C[C@@H](NC(=O)c1ccccc1NC(=O)c1ccccc1F)c1ccccc1. The van der Waals surface area contributed by atoms with Gasteiger partial charge in [-0.2, -0.15) is 0 Å². The summed E-state index contributed by atoms with van der Waals surface area (Å²) in [6, 6.07) is 21.7. The van der Waals surface area contributed by atoms with Crippen molar-refractivity contribution in [1.29, 1.82) is 0 Å². The van der Waals surface area contributed by atoms with Crippen LogP contribution in [0.15, 0.2) is 78.9 Å². The molecule has 0 heterocycles. The molecule has 0 bridgehead atoms. The Bertz CT molecular complexity index is 957. The van der Waals surface area contributed by atoms with Crippen molar-refractivity contribution in [3.8, 4) is 0 Å². The van der Waals surface area contributed by atoms with E-state index in [4.69, 9.17) is 0 Å². The van der Waals surface area contributed by atoms with Crippen LogP contribution in [0.5, 0.6) is 0 Å². The van der Waals surface area contributed by atoms with Crippen LogP contribution < -0.4 is 10.6 Å². The number of carbonyl (C=O) groups is 2. The first kappa shape index (κ1) is 18.3. The quantitative estimate of drug-likeness (QED) is 0.698. The van der Waals surface area contributed by atoms with Gasteiger partial charge < -0.3 is 10.6 Å². The molecule has 2 amide bonds. The molecule has 0 spiro atoms. The third-order valence-electron chi connectivity index (χ3n) is 4.19. The van der Waals surface area contributed by atoms with Gasteiger partial charge in [-0.1, -0.05) is 54.6 Å². The predicted molar refractivity (Wildman–Crippen MR) is 103 cm³/mol. The van der Waals surface area contributed by atoms with E-state index in [1.54, 1.807) is 30.3 Å². The highest BCUT2D eigenvalue weighted by atomic mass is 19.1. The third-order valence-corrected chi connectivity index (χ3v) is 4.19. The number of benzene rings is 3. The first-order valence-corrected chi connectivity index (χ1v) is 8.57. The van der Waals surface area contributed by atoms with Crippen molar-refractivity contribution in [3.63, 3.8) is 0 Å². The fraction of sp³-hybridized carbons (Fsp3) is 0.0909. The van der Waals surface area contributed by atoms with Gasteiger partial charge in [0, 0.05) is 0 Å². The second kappa shape index (κ2) is 8.27. The van der Waals surface area contributed by atoms with Crippen LogP contribution in [0, 0.1) is 5.82 Å². The Kier molecular flexibility index (Phi) is 5.61. The van der Waals surface area contributed by atoms with E-state index in [0.717, 1.165) is 5.56 Å². The van der Waals surface area contributed by atoms with E-state index < -0.39 is 11.7 Å². The predicted octanol–water partition coefficient (Wildman–Crippen LogP) is 4.57. The average molecular weight is 362 g/mol. The van der Waals surface area contributed by atoms with Crippen LogP contribution in [0.2, 0.25) is 0 Å². The molecule has 0 saturated carbocycles. The Morgan fingerprint density at radius 1 is 0.778 bits per heavy atom. The van der Waals surface area contributed by atoms with E-state index in [1.165, 1.54) is 18.2 Å². The zero-order valence-electron chi connectivity index (χ0n) is 14.8. The van der Waals surface area contributed by atoms with Gasteiger partial charge in [0.2, 0.25) is 0 Å². The Morgan fingerprint density at radius 2 is 1.37 bits per heavy atom. The monoisotopic (exact) mass is 362 g/mol. The average Bonchev–Trinajstić information content (AvgIpc) is 2.69. The number of nitrogens with one attached hydrogen (secondary N) is 2. The summed E-state index contributed by atoms with van der Waals surface area (Å²) in [4.78, 5) is 25.1. The van der Waals surface area contributed by atoms with E-state index >= 15 is 0 Å². The summed E-state index contributed by atoms with van der Waals surface area (Å²) >= 11 is 0. The Hall–Kier alpha value is -3.47. The van der Waals surface area contributed by atoms with E-state index in [0.29, 0.717) is 11.3 Å². The maximum Gasteiger partial charge on any atom is 0.258 e. The molecule has 0 aliphatic heterocycles. The number of para-hydroxylation sites is 1. The van der Waals surface area contributed by atoms with Gasteiger partial charge in [-0.05, 0) is 36.8 Å². The Morgan fingerprint density at radius 3 is 2.07 bits per heavy atom. The summed E-state index contributed by atoms with van der Waals surface area (Å²) < 4.78 is 13.8. The van der Waals surface area contributed by atoms with Crippen LogP contribution in [0.3, 0.4) is 0 Å². The van der Waals surface area contributed by atoms with Crippen molar-refractivity contribution in [2.75, 3.05) is 5.32 Å². The summed E-state index contributed by atoms with van der Waals surface area (Å²) in [6.07, 6.45) is 0. The van der Waals surface area contributed by atoms with Crippen molar-refractivity contribution in [1.82, 2.24) is 5.32 Å². The van der Waals surface area contributed by atoms with Crippen LogP contribution in [-0.2, 0) is 0 Å². The van der Waals surface area contributed by atoms with Gasteiger partial charge in [-0.25, -0.2) is 4.39 Å². The van der Waals surface area contributed by atoms with Gasteiger partial charge in [0.1, 0.15) is 5.82 Å². The van der Waals surface area contributed by atoms with Crippen LogP contribution in [0.4, 0.5) is 10.1 Å². The van der Waals surface area contributed by atoms with Crippen LogP contribution >= 0.6 is 0 Å². The topological polar surface area (TPSA) is 58.2 Å². The molecule has 0 fully saturated rings. The van der Waals surface area contributed by atoms with Crippen molar-refractivity contribution in [2.24, 2.45) is 0 Å². The van der Waals surface area contributed by atoms with Crippen molar-refractivity contribution >= 4 is 17.5 Å². The van der Waals surface area contributed by atoms with E-state index in [9.17, 15) is 14.0 Å². The lowest BCUT2D eigenvalue weighted by Gasteiger charge is -2.16. The summed E-state index contributed by atoms with van der Waals surface area (Å²) in [6.45, 7) is 1.88. The van der Waals surface area contributed by atoms with E-state index in [-0.39, 0.29) is 17.5 Å². The summed E-state index contributed by atoms with van der Waals surface area (Å²) in [5.41, 5.74) is 1.53. The lowest BCUT2D eigenvalue weighted by molar-refractivity contribution is 0.0941. The van der Waals surface area contributed by atoms with Gasteiger partial charge in [0.25, 0.3) is 11.8 Å². The zero-order chi connectivity index (χ0) is 19.2. The van der Waals surface area contributed by atoms with Crippen molar-refractivity contribution < 1.29 is 14.0 Å². The zero-order valence-corrected chi connectivity index (χ0v) is 14.8. The van der Waals surface area contributed by atoms with Crippen molar-refractivity contribution in [3.05, 3.63) is 101 Å². The molecule has 3 rings (SSSR count). The number of hydrogen-bond acceptors (Lipinski definition) is 2. The fourth-order valence-corrected chi connectivity index (χ4v) is 2.72. The smallest absolute Gasteiger partial charge is 0.258 e. The molecule has 27 heavy (non-hydrogen) atoms. The molecular formula is C22H19FN2O2. The second-order valence-electron chi connectivity index (χ2n) is 6.09. The standard InChI is InChI=1S/C22H19FN2O2/c1-15(16-9-3-2-4-10-16)24-22(27)18-12-6-8-14-20(18)25-21(26)17-11-5-7-13-19(17)23/h2-15H,1H3,(H,24,27)(H,25,26)/t15-/m1/s1. The fourth-order valence-electron chi connectivity index (χ4n) is 2.72. The lowest BCUT2D eigenvalue weighted by atomic mass is 10.1. The van der Waals surface area contributed by atoms with Gasteiger partial charge in [0.15, 0.2) is 0 Å². The maximum absolute atomic E-state index is 13.8. The van der Waals surface area contributed by atoms with Crippen LogP contribution in [-0.4, -0.2) is 11.8 Å². The number of carbonyl (C=O) groups excluding carboxylic acids is 2. The minimum Gasteiger partial charge on any atom is -0.345 e. The normalized spacial score (nSPS) is 11.5. The molecule has 3 aromatic rings. The number of anilines is 1. The van der Waals surface area contributed by atoms with Gasteiger partial charge >= 0.3 is 0 Å². The highest BCUT2D eigenvalue weighted by Crippen LogP contribution is 2.19. The molecule has 1 atom stereocenters. The first-order valence-electron chi connectivity index (χ1n) is 8.57. The summed E-state index contributed by atoms with van der Waals surface area (Å²) in [5.74, 6) is -1.55. The number of rotatable bonds is 5. The highest BCUT2D eigenvalue weighted by molar-refractivity contribution is 6.09. The molecule has 136 valence electrons. The molecule has 0 unspecified atom stereocenters. The van der Waals surface area contributed by atoms with Crippen LogP contribution in [0.1, 0.15) is 39.2 Å². The molecule has 4 nitrogen and oxygen atoms in total. The van der Waals surface area contributed by atoms with Gasteiger partial charge in [-0.15, -0.1) is 0 Å². The van der Waals surface area contributed by atoms with Crippen molar-refractivity contribution in [2.45, 2.75) is 13.0 Å². The number of hydrogen-bond donors (Lipinski definition) is 2. The largest absolute Gasteiger partial charge is 0.345 e. The molecule has 2 N–H and O–H groups in total. The number of halogens is 1. The Labute approximate surface area is 157 Å². The maximum atomic E-state index is 13.8. The van der Waals surface area contributed by atoms with Gasteiger partial charge in [-0.3, -0.25) is 9.59 Å². The lowest BCUT2D eigenvalue weighted by Crippen LogP contribution is -2.28. The molecular weight excluding hydrogens is 343 g/mol. The Balaban J connectivity index is 1.78. The molecule has 3 aromatic carbocycles. The molecule has 5 heteroatoms. The van der Waals surface area contributed by atoms with Crippen LogP contribution in [0.25, 0.3) is 0 Å². The minimum absolute atomic E-state index is 0.0784. The first-order chi connectivity index (χ1) is 13.1. The number of amides is 2. The molecule has 0 aromatic heterocycles. The van der Waals surface area contributed by atoms with E-state index in [1.807, 2.05) is 37.3 Å². The molecule has 0 radical (unpaired) electrons. The minimum atomic E-state index is -0.616. The molecule has 0 aliphatic rings. The van der Waals surface area contributed by atoms with Gasteiger partial charge in [0.05, 0.1) is 22.9 Å². The molecule has 0 saturated heterocycles. The summed E-state index contributed by atoms with van der Waals surface area (Å²) in [7, 11) is 0. The molecule has 0 aliphatic carbocycles. The highest BCUT2D eigenvalue weighted by Gasteiger charge is 2.17. The second-order valence-corrected chi connectivity index (χ2v) is 6.09. The summed E-state index contributed by atoms with van der Waals surface area (Å²) in [5, 5.41) is 5.53. The van der Waals surface area contributed by atoms with E-state index in [2.05, 4.69) is 10.6 Å². The third kappa shape index (κ3) is 4.39.